The molecule has 0 aromatic heterocycles. The number of rotatable bonds is 4. The molecule has 0 saturated carbocycles. The van der Waals surface area contributed by atoms with Crippen LogP contribution in [0.15, 0.2) is 53.4 Å². The molecule has 20 heavy (non-hydrogen) atoms. The number of benzene rings is 2. The Balaban J connectivity index is 0.00000200. The Hall–Kier alpha value is -0.560. The van der Waals surface area contributed by atoms with Gasteiger partial charge in [0.05, 0.1) is 4.90 Å². The van der Waals surface area contributed by atoms with Gasteiger partial charge >= 0.3 is 29.6 Å². The smallest absolute Gasteiger partial charge is 0.744 e. The van der Waals surface area contributed by atoms with Crippen LogP contribution in [0.5, 0.6) is 5.75 Å². The molecule has 0 spiro atoms. The minimum Gasteiger partial charge on any atom is -0.744 e. The first kappa shape index (κ1) is 17.5. The molecule has 0 aliphatic rings. The van der Waals surface area contributed by atoms with Crippen LogP contribution in [0, 0.1) is 0 Å². The van der Waals surface area contributed by atoms with Crippen LogP contribution in [-0.2, 0) is 16.7 Å². The maximum atomic E-state index is 10.7. The summed E-state index contributed by atoms with van der Waals surface area (Å²) in [6.07, 6.45) is 0. The summed E-state index contributed by atoms with van der Waals surface area (Å²) < 4.78 is 37.7. The van der Waals surface area contributed by atoms with E-state index in [1.807, 2.05) is 12.1 Å². The van der Waals surface area contributed by atoms with Crippen molar-refractivity contribution in [3.05, 3.63) is 59.1 Å². The first-order valence-corrected chi connectivity index (χ1v) is 7.17. The van der Waals surface area contributed by atoms with E-state index in [0.717, 1.165) is 5.56 Å². The average molecular weight is 321 g/mol. The molecule has 0 heterocycles. The average Bonchev–Trinajstić information content (AvgIpc) is 2.37. The maximum absolute atomic E-state index is 10.7. The van der Waals surface area contributed by atoms with Crippen molar-refractivity contribution in [2.24, 2.45) is 0 Å². The molecule has 2 aromatic carbocycles. The van der Waals surface area contributed by atoms with E-state index >= 15 is 0 Å². The molecule has 0 aliphatic heterocycles. The van der Waals surface area contributed by atoms with Gasteiger partial charge in [-0.05, 0) is 42.0 Å². The summed E-state index contributed by atoms with van der Waals surface area (Å²) in [5, 5.41) is 0.647. The molecule has 2 rings (SSSR count). The fourth-order valence-corrected chi connectivity index (χ4v) is 2.05. The number of hydrogen-bond donors (Lipinski definition) is 0. The van der Waals surface area contributed by atoms with Gasteiger partial charge in [-0.3, -0.25) is 0 Å². The molecule has 0 saturated heterocycles. The van der Waals surface area contributed by atoms with Crippen molar-refractivity contribution >= 4 is 21.7 Å². The van der Waals surface area contributed by atoms with E-state index in [-0.39, 0.29) is 34.5 Å². The predicted octanol–water partition coefficient (Wildman–Crippen LogP) is -0.173. The molecule has 0 N–H and O–H groups in total. The van der Waals surface area contributed by atoms with Crippen LogP contribution in [-0.4, -0.2) is 13.0 Å². The van der Waals surface area contributed by atoms with E-state index in [1.165, 1.54) is 24.3 Å². The Morgan fingerprint density at radius 1 is 1.00 bits per heavy atom. The summed E-state index contributed by atoms with van der Waals surface area (Å²) in [5.74, 6) is 0.488. The van der Waals surface area contributed by atoms with Gasteiger partial charge in [0, 0.05) is 5.02 Å². The molecule has 0 radical (unpaired) electrons. The van der Waals surface area contributed by atoms with Gasteiger partial charge in [-0.15, -0.1) is 0 Å². The van der Waals surface area contributed by atoms with Gasteiger partial charge in [0.1, 0.15) is 22.5 Å². The van der Waals surface area contributed by atoms with E-state index in [1.54, 1.807) is 12.1 Å². The molecule has 7 heteroatoms. The second-order valence-electron chi connectivity index (χ2n) is 3.84. The minimum atomic E-state index is -4.41. The molecular weight excluding hydrogens is 311 g/mol. The van der Waals surface area contributed by atoms with Crippen LogP contribution in [0.25, 0.3) is 0 Å². The first-order chi connectivity index (χ1) is 8.95. The summed E-state index contributed by atoms with van der Waals surface area (Å²) >= 11 is 5.76. The zero-order chi connectivity index (χ0) is 13.9. The third kappa shape index (κ3) is 5.09. The molecule has 4 nitrogen and oxygen atoms in total. The van der Waals surface area contributed by atoms with Crippen molar-refractivity contribution < 1.29 is 47.3 Å². The molecule has 0 atom stereocenters. The van der Waals surface area contributed by atoms with Crippen molar-refractivity contribution in [1.82, 2.24) is 0 Å². The summed E-state index contributed by atoms with van der Waals surface area (Å²) in [4.78, 5) is -0.272. The summed E-state index contributed by atoms with van der Waals surface area (Å²) in [7, 11) is -4.41. The van der Waals surface area contributed by atoms with Crippen LogP contribution in [0.3, 0.4) is 0 Å². The third-order valence-electron chi connectivity index (χ3n) is 2.43. The van der Waals surface area contributed by atoms with E-state index in [4.69, 9.17) is 16.3 Å². The topological polar surface area (TPSA) is 66.4 Å². The summed E-state index contributed by atoms with van der Waals surface area (Å²) in [6.45, 7) is 0.334. The van der Waals surface area contributed by atoms with Crippen molar-refractivity contribution in [3.8, 4) is 5.75 Å². The van der Waals surface area contributed by atoms with Crippen molar-refractivity contribution in [1.29, 1.82) is 0 Å². The van der Waals surface area contributed by atoms with Gasteiger partial charge in [0.25, 0.3) is 0 Å². The molecule has 100 valence electrons. The zero-order valence-corrected chi connectivity index (χ0v) is 14.3. The van der Waals surface area contributed by atoms with Crippen molar-refractivity contribution in [2.45, 2.75) is 11.5 Å². The van der Waals surface area contributed by atoms with Crippen molar-refractivity contribution in [2.75, 3.05) is 0 Å². The number of ether oxygens (including phenoxy) is 1. The summed E-state index contributed by atoms with van der Waals surface area (Å²) in [6, 6.07) is 12.5. The van der Waals surface area contributed by atoms with Gasteiger partial charge < -0.3 is 9.29 Å². The van der Waals surface area contributed by atoms with Crippen molar-refractivity contribution in [3.63, 3.8) is 0 Å². The molecule has 0 bridgehead atoms. The van der Waals surface area contributed by atoms with Crippen LogP contribution in [0.4, 0.5) is 0 Å². The van der Waals surface area contributed by atoms with Gasteiger partial charge in [-0.2, -0.15) is 0 Å². The fourth-order valence-electron chi connectivity index (χ4n) is 1.45. The monoisotopic (exact) mass is 320 g/mol. The van der Waals surface area contributed by atoms with Crippen LogP contribution >= 0.6 is 11.6 Å². The molecule has 0 fully saturated rings. The SMILES string of the molecule is O=S(=O)([O-])c1ccc(OCc2ccc(Cl)cc2)cc1.[Na+]. The molecule has 0 amide bonds. The van der Waals surface area contributed by atoms with E-state index in [9.17, 15) is 13.0 Å². The van der Waals surface area contributed by atoms with Gasteiger partial charge in [-0.25, -0.2) is 8.42 Å². The van der Waals surface area contributed by atoms with E-state index < -0.39 is 10.1 Å². The van der Waals surface area contributed by atoms with E-state index in [0.29, 0.717) is 17.4 Å². The van der Waals surface area contributed by atoms with Gasteiger partial charge in [-0.1, -0.05) is 23.7 Å². The van der Waals surface area contributed by atoms with Crippen LogP contribution in [0.1, 0.15) is 5.56 Å². The largest absolute Gasteiger partial charge is 1.00 e. The van der Waals surface area contributed by atoms with Crippen LogP contribution in [0.2, 0.25) is 5.02 Å². The van der Waals surface area contributed by atoms with Gasteiger partial charge in [0.15, 0.2) is 0 Å². The van der Waals surface area contributed by atoms with Crippen LogP contribution < -0.4 is 34.3 Å². The van der Waals surface area contributed by atoms with Gasteiger partial charge in [0.2, 0.25) is 0 Å². The number of hydrogen-bond acceptors (Lipinski definition) is 4. The Labute approximate surface area is 144 Å². The first-order valence-electron chi connectivity index (χ1n) is 5.38. The Kier molecular flexibility index (Phi) is 6.51. The predicted molar refractivity (Wildman–Crippen MR) is 70.2 cm³/mol. The minimum absolute atomic E-state index is 0. The second-order valence-corrected chi connectivity index (χ2v) is 5.66. The fraction of sp³-hybridized carbons (Fsp3) is 0.0769. The maximum Gasteiger partial charge on any atom is 1.00 e. The third-order valence-corrected chi connectivity index (χ3v) is 3.53. The Morgan fingerprint density at radius 2 is 1.55 bits per heavy atom. The van der Waals surface area contributed by atoms with E-state index in [2.05, 4.69) is 0 Å². The zero-order valence-electron chi connectivity index (χ0n) is 10.7. The normalized spacial score (nSPS) is 10.7. The Bertz CT molecular complexity index is 654. The quantitative estimate of drug-likeness (QED) is 0.579. The molecule has 2 aromatic rings. The second kappa shape index (κ2) is 7.45. The molecule has 0 aliphatic carbocycles. The molecule has 0 unspecified atom stereocenters. The Morgan fingerprint density at radius 3 is 2.05 bits per heavy atom. The standard InChI is InChI=1S/C13H11ClO4S.Na/c14-11-3-1-10(2-4-11)9-18-12-5-7-13(8-6-12)19(15,16)17;/h1-8H,9H2,(H,15,16,17);/q;+1/p-1. The number of halogens is 1. The molecular formula is C13H10ClNaO4S. The summed E-state index contributed by atoms with van der Waals surface area (Å²) in [5.41, 5.74) is 0.935.